The van der Waals surface area contributed by atoms with E-state index < -0.39 is 0 Å². The molecule has 2 aromatic carbocycles. The fourth-order valence-corrected chi connectivity index (χ4v) is 5.32. The van der Waals surface area contributed by atoms with Crippen LogP contribution in [0.25, 0.3) is 10.8 Å². The summed E-state index contributed by atoms with van der Waals surface area (Å²) in [5, 5.41) is 2.70. The lowest BCUT2D eigenvalue weighted by molar-refractivity contribution is 0.313. The monoisotopic (exact) mass is 287 g/mol. The lowest BCUT2D eigenvalue weighted by Crippen LogP contribution is -2.05. The molecule has 0 amide bonds. The average molecular weight is 287 g/mol. The minimum absolute atomic E-state index is 0.464. The molecule has 1 heterocycles. The van der Waals surface area contributed by atoms with Crippen LogP contribution < -0.4 is 4.74 Å². The number of hydrogen-bond donors (Lipinski definition) is 0. The van der Waals surface area contributed by atoms with Crippen molar-refractivity contribution in [3.63, 3.8) is 0 Å². The molecule has 106 valence electrons. The van der Waals surface area contributed by atoms with Crippen molar-refractivity contribution in [3.05, 3.63) is 36.4 Å². The molecule has 0 aliphatic carbocycles. The summed E-state index contributed by atoms with van der Waals surface area (Å²) in [7, 11) is 0.464. The number of benzene rings is 2. The first kappa shape index (κ1) is 13.8. The quantitative estimate of drug-likeness (QED) is 0.567. The Kier molecular flexibility index (Phi) is 4.51. The van der Waals surface area contributed by atoms with Gasteiger partial charge in [0.2, 0.25) is 0 Å². The summed E-state index contributed by atoms with van der Waals surface area (Å²) in [6.07, 6.45) is 5.10. The molecule has 0 aromatic heterocycles. The number of fused-ring (bicyclic) bond motifs is 1. The maximum absolute atomic E-state index is 5.98. The minimum atomic E-state index is 0.464. The zero-order valence-corrected chi connectivity index (χ0v) is 13.0. The lowest BCUT2D eigenvalue weighted by atomic mass is 10.1. The van der Waals surface area contributed by atoms with E-state index in [9.17, 15) is 0 Å². The van der Waals surface area contributed by atoms with Crippen LogP contribution in [0.2, 0.25) is 0 Å². The van der Waals surface area contributed by atoms with Crippen molar-refractivity contribution >= 4 is 21.7 Å². The van der Waals surface area contributed by atoms with Gasteiger partial charge in [-0.15, -0.1) is 0 Å². The molecule has 0 unspecified atom stereocenters. The average Bonchev–Trinajstić information content (AvgIpc) is 3.01. The second-order valence-corrected chi connectivity index (χ2v) is 7.66. The second kappa shape index (κ2) is 6.53. The Labute approximate surface area is 124 Å². The summed E-state index contributed by atoms with van der Waals surface area (Å²) in [5.74, 6) is 3.81. The normalized spacial score (nSPS) is 15.8. The fourth-order valence-electron chi connectivity index (χ4n) is 2.82. The van der Waals surface area contributed by atoms with E-state index in [4.69, 9.17) is 4.74 Å². The van der Waals surface area contributed by atoms with E-state index >= 15 is 0 Å². The van der Waals surface area contributed by atoms with E-state index in [2.05, 4.69) is 43.3 Å². The van der Waals surface area contributed by atoms with Crippen molar-refractivity contribution in [2.75, 3.05) is 18.1 Å². The third kappa shape index (κ3) is 2.80. The SMILES string of the molecule is CCCCOc1ccc([S+]2CCCC2)c2ccccc12. The zero-order chi connectivity index (χ0) is 13.8. The van der Waals surface area contributed by atoms with Crippen LogP contribution in [-0.2, 0) is 10.9 Å². The maximum atomic E-state index is 5.98. The molecule has 0 bridgehead atoms. The highest BCUT2D eigenvalue weighted by molar-refractivity contribution is 7.97. The maximum Gasteiger partial charge on any atom is 0.162 e. The van der Waals surface area contributed by atoms with E-state index in [0.29, 0.717) is 10.9 Å². The summed E-state index contributed by atoms with van der Waals surface area (Å²) < 4.78 is 5.98. The second-order valence-electron chi connectivity index (χ2n) is 5.42. The fraction of sp³-hybridized carbons (Fsp3) is 0.444. The lowest BCUT2D eigenvalue weighted by Gasteiger charge is -2.11. The molecule has 20 heavy (non-hydrogen) atoms. The summed E-state index contributed by atoms with van der Waals surface area (Å²) in [4.78, 5) is 1.56. The van der Waals surface area contributed by atoms with Crippen LogP contribution in [0, 0.1) is 0 Å². The smallest absolute Gasteiger partial charge is 0.162 e. The van der Waals surface area contributed by atoms with Gasteiger partial charge in [-0.2, -0.15) is 0 Å². The van der Waals surface area contributed by atoms with Crippen molar-refractivity contribution in [2.24, 2.45) is 0 Å². The summed E-state index contributed by atoms with van der Waals surface area (Å²) in [5.41, 5.74) is 0. The first-order chi connectivity index (χ1) is 9.90. The Balaban J connectivity index is 1.96. The van der Waals surface area contributed by atoms with Gasteiger partial charge in [-0.1, -0.05) is 31.5 Å². The molecule has 1 fully saturated rings. The summed E-state index contributed by atoms with van der Waals surface area (Å²) in [6.45, 7) is 3.03. The van der Waals surface area contributed by atoms with E-state index in [1.165, 1.54) is 41.5 Å². The van der Waals surface area contributed by atoms with Gasteiger partial charge in [-0.3, -0.25) is 0 Å². The Morgan fingerprint density at radius 3 is 2.50 bits per heavy atom. The predicted octanol–water partition coefficient (Wildman–Crippen LogP) is 4.79. The highest BCUT2D eigenvalue weighted by Gasteiger charge is 2.29. The van der Waals surface area contributed by atoms with Crippen molar-refractivity contribution in [3.8, 4) is 5.75 Å². The van der Waals surface area contributed by atoms with Gasteiger partial charge < -0.3 is 4.74 Å². The Morgan fingerprint density at radius 2 is 1.75 bits per heavy atom. The molecular formula is C18H23OS+. The highest BCUT2D eigenvalue weighted by Crippen LogP contribution is 2.34. The van der Waals surface area contributed by atoms with E-state index in [-0.39, 0.29) is 0 Å². The van der Waals surface area contributed by atoms with Crippen LogP contribution in [0.3, 0.4) is 0 Å². The number of unbranched alkanes of at least 4 members (excludes halogenated alkanes) is 1. The van der Waals surface area contributed by atoms with Crippen molar-refractivity contribution in [2.45, 2.75) is 37.5 Å². The summed E-state index contributed by atoms with van der Waals surface area (Å²) in [6, 6.07) is 13.3. The van der Waals surface area contributed by atoms with E-state index in [0.717, 1.165) is 18.8 Å². The largest absolute Gasteiger partial charge is 0.493 e. The molecule has 1 nitrogen and oxygen atoms in total. The topological polar surface area (TPSA) is 9.23 Å². The van der Waals surface area contributed by atoms with Gasteiger partial charge in [-0.05, 0) is 37.5 Å². The molecule has 1 aliphatic rings. The molecule has 3 rings (SSSR count). The number of ether oxygens (including phenoxy) is 1. The van der Waals surface area contributed by atoms with E-state index in [1.54, 1.807) is 4.90 Å². The summed E-state index contributed by atoms with van der Waals surface area (Å²) >= 11 is 0. The Hall–Kier alpha value is -1.15. The van der Waals surface area contributed by atoms with Gasteiger partial charge in [0.25, 0.3) is 0 Å². The first-order valence-corrected chi connectivity index (χ1v) is 9.28. The van der Waals surface area contributed by atoms with Crippen LogP contribution >= 0.6 is 0 Å². The predicted molar refractivity (Wildman–Crippen MR) is 89.0 cm³/mol. The molecule has 0 radical (unpaired) electrons. The van der Waals surface area contributed by atoms with Gasteiger partial charge in [0.05, 0.1) is 6.61 Å². The van der Waals surface area contributed by atoms with Crippen LogP contribution in [0.4, 0.5) is 0 Å². The molecule has 0 spiro atoms. The molecule has 2 aromatic rings. The van der Waals surface area contributed by atoms with Crippen molar-refractivity contribution in [1.29, 1.82) is 0 Å². The molecule has 2 heteroatoms. The van der Waals surface area contributed by atoms with Crippen molar-refractivity contribution in [1.82, 2.24) is 0 Å². The first-order valence-electron chi connectivity index (χ1n) is 7.72. The van der Waals surface area contributed by atoms with Crippen LogP contribution in [0.5, 0.6) is 5.75 Å². The third-order valence-corrected chi connectivity index (χ3v) is 6.48. The molecular weight excluding hydrogens is 264 g/mol. The molecule has 0 saturated carbocycles. The van der Waals surface area contributed by atoms with Crippen LogP contribution in [0.1, 0.15) is 32.6 Å². The molecule has 1 saturated heterocycles. The zero-order valence-electron chi connectivity index (χ0n) is 12.2. The van der Waals surface area contributed by atoms with E-state index in [1.807, 2.05) is 0 Å². The highest BCUT2D eigenvalue weighted by atomic mass is 32.2. The van der Waals surface area contributed by atoms with Gasteiger partial charge in [0.15, 0.2) is 4.90 Å². The standard InChI is InChI=1S/C18H23OS/c1-2-3-12-19-17-10-11-18(20-13-6-7-14-20)16-9-5-4-8-15(16)17/h4-5,8-11H,2-3,6-7,12-14H2,1H3/q+1. The Bertz CT molecular complexity index is 573. The van der Waals surface area contributed by atoms with Gasteiger partial charge in [0.1, 0.15) is 17.3 Å². The minimum Gasteiger partial charge on any atom is -0.493 e. The van der Waals surface area contributed by atoms with Gasteiger partial charge >= 0.3 is 0 Å². The number of hydrogen-bond acceptors (Lipinski definition) is 1. The molecule has 1 aliphatic heterocycles. The third-order valence-electron chi connectivity index (χ3n) is 3.94. The van der Waals surface area contributed by atoms with Gasteiger partial charge in [-0.25, -0.2) is 0 Å². The molecule has 0 atom stereocenters. The Morgan fingerprint density at radius 1 is 1.00 bits per heavy atom. The van der Waals surface area contributed by atoms with Crippen molar-refractivity contribution < 1.29 is 4.74 Å². The molecule has 0 N–H and O–H groups in total. The van der Waals surface area contributed by atoms with Gasteiger partial charge in [0, 0.05) is 21.7 Å². The van der Waals surface area contributed by atoms with Crippen LogP contribution in [-0.4, -0.2) is 18.1 Å². The number of rotatable bonds is 5. The van der Waals surface area contributed by atoms with Crippen LogP contribution in [0.15, 0.2) is 41.3 Å².